The Morgan fingerprint density at radius 2 is 1.73 bits per heavy atom. The van der Waals surface area contributed by atoms with E-state index in [1.54, 1.807) is 55.5 Å². The molecule has 1 amide bonds. The molecule has 8 heteroatoms. The fourth-order valence-electron chi connectivity index (χ4n) is 2.78. The van der Waals surface area contributed by atoms with Crippen LogP contribution in [0, 0.1) is 10.1 Å². The summed E-state index contributed by atoms with van der Waals surface area (Å²) in [6.45, 7) is 1.62. The Bertz CT molecular complexity index is 1100. The van der Waals surface area contributed by atoms with Crippen molar-refractivity contribution in [3.8, 4) is 5.75 Å². The van der Waals surface area contributed by atoms with Crippen molar-refractivity contribution in [1.29, 1.82) is 0 Å². The Kier molecular flexibility index (Phi) is 6.44. The van der Waals surface area contributed by atoms with Gasteiger partial charge >= 0.3 is 0 Å². The topological polar surface area (TPSA) is 98.5 Å². The zero-order chi connectivity index (χ0) is 21.7. The number of Topliss-reactive ketones (excluding diaryl/α,β-unsaturated/α-hetero) is 1. The van der Waals surface area contributed by atoms with Crippen LogP contribution in [0.4, 0.5) is 11.4 Å². The number of carbonyl (C=O) groups excluding carboxylic acids is 2. The molecule has 1 atom stereocenters. The number of hydrogen-bond acceptors (Lipinski definition) is 5. The lowest BCUT2D eigenvalue weighted by Crippen LogP contribution is -2.24. The Labute approximate surface area is 177 Å². The van der Waals surface area contributed by atoms with E-state index in [1.807, 2.05) is 0 Å². The van der Waals surface area contributed by atoms with Gasteiger partial charge in [0.15, 0.2) is 6.10 Å². The van der Waals surface area contributed by atoms with Crippen molar-refractivity contribution >= 4 is 34.7 Å². The fourth-order valence-corrected chi connectivity index (χ4v) is 2.90. The molecular weight excluding hydrogens is 408 g/mol. The van der Waals surface area contributed by atoms with Crippen LogP contribution in [0.15, 0.2) is 72.8 Å². The minimum Gasteiger partial charge on any atom is -0.482 e. The van der Waals surface area contributed by atoms with Crippen LogP contribution in [0.25, 0.3) is 0 Å². The Morgan fingerprint density at radius 3 is 2.43 bits per heavy atom. The quantitative estimate of drug-likeness (QED) is 0.321. The number of nitro groups is 1. The predicted molar refractivity (Wildman–Crippen MR) is 113 cm³/mol. The van der Waals surface area contributed by atoms with Gasteiger partial charge in [-0.1, -0.05) is 29.8 Å². The number of ether oxygens (including phenoxy) is 1. The molecule has 30 heavy (non-hydrogen) atoms. The summed E-state index contributed by atoms with van der Waals surface area (Å²) in [6, 6.07) is 18.6. The third kappa shape index (κ3) is 5.01. The number of benzene rings is 3. The van der Waals surface area contributed by atoms with Gasteiger partial charge in [-0.25, -0.2) is 0 Å². The zero-order valence-electron chi connectivity index (χ0n) is 15.9. The molecule has 0 saturated carbocycles. The van der Waals surface area contributed by atoms with Crippen molar-refractivity contribution in [2.24, 2.45) is 0 Å². The van der Waals surface area contributed by atoms with Gasteiger partial charge in [0.05, 0.1) is 4.92 Å². The maximum absolute atomic E-state index is 12.5. The number of anilines is 1. The second-order valence-corrected chi connectivity index (χ2v) is 6.82. The highest BCUT2D eigenvalue weighted by atomic mass is 35.5. The van der Waals surface area contributed by atoms with E-state index in [1.165, 1.54) is 24.3 Å². The average molecular weight is 425 g/mol. The number of nitrogens with zero attached hydrogens (tertiary/aromatic N) is 1. The predicted octanol–water partition coefficient (Wildman–Crippen LogP) is 5.15. The van der Waals surface area contributed by atoms with Gasteiger partial charge in [-0.15, -0.1) is 0 Å². The summed E-state index contributed by atoms with van der Waals surface area (Å²) < 4.78 is 5.71. The Morgan fingerprint density at radius 1 is 1.03 bits per heavy atom. The normalized spacial score (nSPS) is 11.4. The summed E-state index contributed by atoms with van der Waals surface area (Å²) in [5, 5.41) is 14.3. The number of nitrogens with one attached hydrogen (secondary N) is 1. The number of hydrogen-bond donors (Lipinski definition) is 1. The molecule has 152 valence electrons. The first kappa shape index (κ1) is 21.0. The van der Waals surface area contributed by atoms with E-state index in [2.05, 4.69) is 5.32 Å². The molecule has 3 aromatic rings. The molecule has 0 aromatic heterocycles. The van der Waals surface area contributed by atoms with Crippen molar-refractivity contribution in [2.45, 2.75) is 13.0 Å². The molecule has 7 nitrogen and oxygen atoms in total. The van der Waals surface area contributed by atoms with Crippen LogP contribution in [0.3, 0.4) is 0 Å². The Balaban J connectivity index is 1.72. The highest BCUT2D eigenvalue weighted by Crippen LogP contribution is 2.23. The average Bonchev–Trinajstić information content (AvgIpc) is 2.74. The van der Waals surface area contributed by atoms with Crippen LogP contribution < -0.4 is 10.1 Å². The van der Waals surface area contributed by atoms with Crippen LogP contribution in [-0.2, 0) is 0 Å². The molecule has 0 bridgehead atoms. The highest BCUT2D eigenvalue weighted by Gasteiger charge is 2.20. The molecule has 0 aliphatic heterocycles. The van der Waals surface area contributed by atoms with Gasteiger partial charge in [-0.2, -0.15) is 0 Å². The van der Waals surface area contributed by atoms with Crippen LogP contribution in [0.5, 0.6) is 5.75 Å². The first-order valence-electron chi connectivity index (χ1n) is 8.96. The van der Waals surface area contributed by atoms with Gasteiger partial charge in [0.2, 0.25) is 5.78 Å². The summed E-state index contributed by atoms with van der Waals surface area (Å²) in [7, 11) is 0. The number of carbonyl (C=O) groups is 2. The minimum atomic E-state index is -0.771. The maximum atomic E-state index is 12.5. The smallest absolute Gasteiger partial charge is 0.282 e. The number of para-hydroxylation sites is 1. The second-order valence-electron chi connectivity index (χ2n) is 6.39. The maximum Gasteiger partial charge on any atom is 0.282 e. The van der Waals surface area contributed by atoms with E-state index in [0.717, 1.165) is 0 Å². The minimum absolute atomic E-state index is 0.0555. The molecule has 0 heterocycles. The molecule has 3 aromatic carbocycles. The fraction of sp³-hybridized carbons (Fsp3) is 0.0909. The molecule has 1 N–H and O–H groups in total. The molecule has 0 aliphatic rings. The number of rotatable bonds is 7. The van der Waals surface area contributed by atoms with Crippen molar-refractivity contribution < 1.29 is 19.2 Å². The van der Waals surface area contributed by atoms with Crippen LogP contribution in [0.1, 0.15) is 27.6 Å². The third-order valence-electron chi connectivity index (χ3n) is 4.25. The van der Waals surface area contributed by atoms with Crippen molar-refractivity contribution in [1.82, 2.24) is 0 Å². The molecule has 3 rings (SSSR count). The van der Waals surface area contributed by atoms with E-state index in [9.17, 15) is 19.7 Å². The number of amides is 1. The summed E-state index contributed by atoms with van der Waals surface area (Å²) >= 11 is 5.84. The zero-order valence-corrected chi connectivity index (χ0v) is 16.6. The summed E-state index contributed by atoms with van der Waals surface area (Å²) in [6.07, 6.45) is -0.771. The lowest BCUT2D eigenvalue weighted by atomic mass is 10.1. The first-order chi connectivity index (χ1) is 14.3. The lowest BCUT2D eigenvalue weighted by Gasteiger charge is -2.15. The van der Waals surface area contributed by atoms with Gasteiger partial charge in [0.25, 0.3) is 11.6 Å². The van der Waals surface area contributed by atoms with Crippen LogP contribution in [-0.4, -0.2) is 22.7 Å². The number of halogens is 1. The van der Waals surface area contributed by atoms with Crippen LogP contribution >= 0.6 is 11.6 Å². The van der Waals surface area contributed by atoms with Gasteiger partial charge in [0.1, 0.15) is 11.3 Å². The highest BCUT2D eigenvalue weighted by molar-refractivity contribution is 6.30. The van der Waals surface area contributed by atoms with Gasteiger partial charge in [-0.3, -0.25) is 19.7 Å². The van der Waals surface area contributed by atoms with Crippen molar-refractivity contribution in [3.63, 3.8) is 0 Å². The van der Waals surface area contributed by atoms with E-state index < -0.39 is 16.9 Å². The van der Waals surface area contributed by atoms with E-state index in [0.29, 0.717) is 22.0 Å². The van der Waals surface area contributed by atoms with Crippen molar-refractivity contribution in [2.75, 3.05) is 5.32 Å². The number of nitro benzene ring substituents is 1. The van der Waals surface area contributed by atoms with E-state index in [-0.39, 0.29) is 17.0 Å². The standard InChI is InChI=1S/C22H17ClN2O5/c1-14(21(26)15-9-11-16(23)12-10-15)30-18-6-4-5-17(13-18)24-22(27)19-7-2-3-8-20(19)25(28)29/h2-14H,1H3,(H,24,27). The summed E-state index contributed by atoms with van der Waals surface area (Å²) in [5.41, 5.74) is 0.499. The lowest BCUT2D eigenvalue weighted by molar-refractivity contribution is -0.385. The molecule has 1 unspecified atom stereocenters. The summed E-state index contributed by atoms with van der Waals surface area (Å²) in [5.74, 6) is -0.476. The SMILES string of the molecule is CC(Oc1cccc(NC(=O)c2ccccc2[N+](=O)[O-])c1)C(=O)c1ccc(Cl)cc1. The van der Waals surface area contributed by atoms with Gasteiger partial charge in [-0.05, 0) is 49.4 Å². The van der Waals surface area contributed by atoms with Crippen LogP contribution in [0.2, 0.25) is 5.02 Å². The molecule has 0 saturated heterocycles. The van der Waals surface area contributed by atoms with Gasteiger partial charge in [0, 0.05) is 28.4 Å². The van der Waals surface area contributed by atoms with E-state index >= 15 is 0 Å². The third-order valence-corrected chi connectivity index (χ3v) is 4.50. The Hall–Kier alpha value is -3.71. The number of ketones is 1. The second kappa shape index (κ2) is 9.19. The van der Waals surface area contributed by atoms with Crippen molar-refractivity contribution in [3.05, 3.63) is 99.1 Å². The molecule has 0 fully saturated rings. The van der Waals surface area contributed by atoms with Gasteiger partial charge < -0.3 is 10.1 Å². The summed E-state index contributed by atoms with van der Waals surface area (Å²) in [4.78, 5) is 35.5. The molecule has 0 aliphatic carbocycles. The molecule has 0 radical (unpaired) electrons. The first-order valence-corrected chi connectivity index (χ1v) is 9.34. The molecule has 0 spiro atoms. The largest absolute Gasteiger partial charge is 0.482 e. The molecular formula is C22H17ClN2O5. The van der Waals surface area contributed by atoms with E-state index in [4.69, 9.17) is 16.3 Å². The monoisotopic (exact) mass is 424 g/mol.